The Labute approximate surface area is 177 Å². The van der Waals surface area contributed by atoms with Crippen molar-refractivity contribution in [1.29, 1.82) is 0 Å². The third kappa shape index (κ3) is 6.17. The lowest BCUT2D eigenvalue weighted by atomic mass is 10.0. The van der Waals surface area contributed by atoms with E-state index in [2.05, 4.69) is 58.7 Å². The van der Waals surface area contributed by atoms with Gasteiger partial charge in [-0.05, 0) is 49.6 Å². The maximum absolute atomic E-state index is 5.90. The molecule has 5 nitrogen and oxygen atoms in total. The van der Waals surface area contributed by atoms with E-state index < -0.39 is 0 Å². The number of rotatable bonds is 9. The fraction of sp³-hybridized carbons (Fsp3) is 0.304. The average Bonchev–Trinajstić information content (AvgIpc) is 2.72. The molecule has 0 spiro atoms. The van der Waals surface area contributed by atoms with E-state index in [1.54, 1.807) is 25.6 Å². The van der Waals surface area contributed by atoms with Gasteiger partial charge in [-0.1, -0.05) is 47.5 Å². The molecular weight excluding hydrogens is 384 g/mol. The van der Waals surface area contributed by atoms with E-state index in [0.717, 1.165) is 23.5 Å². The van der Waals surface area contributed by atoms with E-state index in [1.807, 2.05) is 18.2 Å². The van der Waals surface area contributed by atoms with Crippen molar-refractivity contribution in [3.05, 3.63) is 82.8 Å². The summed E-state index contributed by atoms with van der Waals surface area (Å²) in [5.41, 5.74) is 4.50. The molecule has 2 heterocycles. The summed E-state index contributed by atoms with van der Waals surface area (Å²) in [5.74, 6) is 0.801. The van der Waals surface area contributed by atoms with Gasteiger partial charge in [-0.25, -0.2) is 9.97 Å². The smallest absolute Gasteiger partial charge is 0.149 e. The lowest BCUT2D eigenvalue weighted by molar-refractivity contribution is 0.185. The van der Waals surface area contributed by atoms with Crippen molar-refractivity contribution in [1.82, 2.24) is 9.97 Å². The fourth-order valence-corrected chi connectivity index (χ4v) is 3.26. The van der Waals surface area contributed by atoms with Crippen LogP contribution >= 0.6 is 11.6 Å². The molecule has 0 aliphatic heterocycles. The zero-order chi connectivity index (χ0) is 20.6. The highest BCUT2D eigenvalue weighted by molar-refractivity contribution is 6.29. The van der Waals surface area contributed by atoms with Gasteiger partial charge in [0.2, 0.25) is 0 Å². The summed E-state index contributed by atoms with van der Waals surface area (Å²) in [4.78, 5) is 8.72. The molecule has 1 aromatic carbocycles. The molecule has 0 amide bonds. The Kier molecular flexibility index (Phi) is 7.44. The number of methoxy groups -OCH3 is 1. The van der Waals surface area contributed by atoms with Gasteiger partial charge in [0.1, 0.15) is 11.0 Å². The van der Waals surface area contributed by atoms with Crippen LogP contribution in [0.4, 0.5) is 11.5 Å². The number of nitrogens with zero attached hydrogens (tertiary/aromatic N) is 2. The summed E-state index contributed by atoms with van der Waals surface area (Å²) >= 11 is 5.90. The van der Waals surface area contributed by atoms with Gasteiger partial charge in [-0.15, -0.1) is 0 Å². The normalized spacial score (nSPS) is 13.0. The van der Waals surface area contributed by atoms with Crippen LogP contribution < -0.4 is 10.6 Å². The van der Waals surface area contributed by atoms with Gasteiger partial charge in [-0.2, -0.15) is 0 Å². The van der Waals surface area contributed by atoms with Crippen LogP contribution in [0.1, 0.15) is 29.7 Å². The summed E-state index contributed by atoms with van der Waals surface area (Å²) in [6.07, 6.45) is 4.42. The van der Waals surface area contributed by atoms with E-state index in [-0.39, 0.29) is 12.1 Å². The van der Waals surface area contributed by atoms with Gasteiger partial charge >= 0.3 is 0 Å². The SMILES string of the molecule is COC[C@H](Cc1ccc(C)cc1)Nc1ncccc1NC(C)c1ccc(Cl)nc1. The van der Waals surface area contributed by atoms with Gasteiger partial charge in [0.15, 0.2) is 0 Å². The Bertz CT molecular complexity index is 900. The highest BCUT2D eigenvalue weighted by Gasteiger charge is 2.15. The first-order chi connectivity index (χ1) is 14.0. The Hall–Kier alpha value is -2.63. The molecule has 1 unspecified atom stereocenters. The number of benzene rings is 1. The number of nitrogens with one attached hydrogen (secondary N) is 2. The number of hydrogen-bond acceptors (Lipinski definition) is 5. The molecule has 152 valence electrons. The first-order valence-electron chi connectivity index (χ1n) is 9.69. The molecule has 0 saturated carbocycles. The van der Waals surface area contributed by atoms with Gasteiger partial charge < -0.3 is 15.4 Å². The molecule has 0 aliphatic rings. The highest BCUT2D eigenvalue weighted by atomic mass is 35.5. The van der Waals surface area contributed by atoms with Crippen LogP contribution in [0.2, 0.25) is 5.15 Å². The minimum Gasteiger partial charge on any atom is -0.383 e. The van der Waals surface area contributed by atoms with Crippen molar-refractivity contribution < 1.29 is 4.74 Å². The number of halogens is 1. The summed E-state index contributed by atoms with van der Waals surface area (Å²) in [7, 11) is 1.72. The monoisotopic (exact) mass is 410 g/mol. The molecule has 0 saturated heterocycles. The zero-order valence-corrected chi connectivity index (χ0v) is 17.8. The van der Waals surface area contributed by atoms with Crippen LogP contribution in [0.15, 0.2) is 60.9 Å². The predicted octanol–water partition coefficient (Wildman–Crippen LogP) is 5.28. The third-order valence-electron chi connectivity index (χ3n) is 4.74. The van der Waals surface area contributed by atoms with Crippen LogP contribution in [0.25, 0.3) is 0 Å². The second-order valence-electron chi connectivity index (χ2n) is 7.17. The summed E-state index contributed by atoms with van der Waals surface area (Å²) in [6, 6.07) is 16.5. The lowest BCUT2D eigenvalue weighted by Gasteiger charge is -2.23. The summed E-state index contributed by atoms with van der Waals surface area (Å²) in [5, 5.41) is 7.55. The molecule has 2 aromatic heterocycles. The van der Waals surface area contributed by atoms with Gasteiger partial charge in [-0.3, -0.25) is 0 Å². The Morgan fingerprint density at radius 3 is 2.52 bits per heavy atom. The minimum atomic E-state index is 0.0579. The third-order valence-corrected chi connectivity index (χ3v) is 4.96. The lowest BCUT2D eigenvalue weighted by Crippen LogP contribution is -2.28. The largest absolute Gasteiger partial charge is 0.383 e. The van der Waals surface area contributed by atoms with E-state index >= 15 is 0 Å². The average molecular weight is 411 g/mol. The molecule has 3 aromatic rings. The van der Waals surface area contributed by atoms with Crippen molar-refractivity contribution in [3.8, 4) is 0 Å². The Morgan fingerprint density at radius 1 is 1.03 bits per heavy atom. The number of anilines is 2. The standard InChI is InChI=1S/C23H27ClN4O/c1-16-6-8-18(9-7-16)13-20(15-29-3)28-23-21(5-4-12-25-23)27-17(2)19-10-11-22(24)26-14-19/h4-12,14,17,20,27H,13,15H2,1-3H3,(H,25,28)/t17?,20-/m0/s1. The van der Waals surface area contributed by atoms with Crippen LogP contribution in [0, 0.1) is 6.92 Å². The fourth-order valence-electron chi connectivity index (χ4n) is 3.15. The van der Waals surface area contributed by atoms with Crippen molar-refractivity contribution in [2.24, 2.45) is 0 Å². The minimum absolute atomic E-state index is 0.0579. The molecule has 0 fully saturated rings. The molecule has 0 bridgehead atoms. The van der Waals surface area contributed by atoms with Crippen molar-refractivity contribution >= 4 is 23.1 Å². The van der Waals surface area contributed by atoms with E-state index in [9.17, 15) is 0 Å². The van der Waals surface area contributed by atoms with Crippen molar-refractivity contribution in [2.75, 3.05) is 24.4 Å². The first-order valence-corrected chi connectivity index (χ1v) is 10.1. The number of hydrogen-bond donors (Lipinski definition) is 2. The molecule has 2 atom stereocenters. The van der Waals surface area contributed by atoms with Crippen molar-refractivity contribution in [3.63, 3.8) is 0 Å². The first kappa shape index (κ1) is 21.1. The number of aromatic nitrogens is 2. The van der Waals surface area contributed by atoms with Crippen LogP contribution in [-0.4, -0.2) is 29.7 Å². The van der Waals surface area contributed by atoms with Gasteiger partial charge in [0, 0.05) is 19.5 Å². The van der Waals surface area contributed by atoms with Crippen molar-refractivity contribution in [2.45, 2.75) is 32.4 Å². The topological polar surface area (TPSA) is 59.1 Å². The van der Waals surface area contributed by atoms with Crippen LogP contribution in [-0.2, 0) is 11.2 Å². The Balaban J connectivity index is 1.73. The van der Waals surface area contributed by atoms with Gasteiger partial charge in [0.25, 0.3) is 0 Å². The second kappa shape index (κ2) is 10.2. The van der Waals surface area contributed by atoms with E-state index in [0.29, 0.717) is 11.8 Å². The quantitative estimate of drug-likeness (QED) is 0.470. The second-order valence-corrected chi connectivity index (χ2v) is 7.55. The molecule has 0 aliphatic carbocycles. The molecule has 6 heteroatoms. The molecule has 3 rings (SSSR count). The Morgan fingerprint density at radius 2 is 1.83 bits per heavy atom. The molecular formula is C23H27ClN4O. The number of pyridine rings is 2. The number of aryl methyl sites for hydroxylation is 1. The molecule has 2 N–H and O–H groups in total. The highest BCUT2D eigenvalue weighted by Crippen LogP contribution is 2.25. The predicted molar refractivity (Wildman–Crippen MR) is 120 cm³/mol. The van der Waals surface area contributed by atoms with E-state index in [1.165, 1.54) is 11.1 Å². The summed E-state index contributed by atoms with van der Waals surface area (Å²) in [6.45, 7) is 4.76. The maximum Gasteiger partial charge on any atom is 0.149 e. The van der Waals surface area contributed by atoms with Crippen LogP contribution in [0.5, 0.6) is 0 Å². The zero-order valence-electron chi connectivity index (χ0n) is 17.0. The molecule has 0 radical (unpaired) electrons. The van der Waals surface area contributed by atoms with Gasteiger partial charge in [0.05, 0.1) is 24.4 Å². The van der Waals surface area contributed by atoms with Crippen LogP contribution in [0.3, 0.4) is 0 Å². The number of ether oxygens (including phenoxy) is 1. The molecule has 29 heavy (non-hydrogen) atoms. The maximum atomic E-state index is 5.90. The summed E-state index contributed by atoms with van der Waals surface area (Å²) < 4.78 is 5.44. The van der Waals surface area contributed by atoms with E-state index in [4.69, 9.17) is 16.3 Å².